The Hall–Kier alpha value is -2.21. The predicted molar refractivity (Wildman–Crippen MR) is 93.5 cm³/mol. The van der Waals surface area contributed by atoms with Crippen molar-refractivity contribution in [3.63, 3.8) is 0 Å². The Morgan fingerprint density at radius 2 is 2.04 bits per heavy atom. The molecule has 1 aromatic heterocycles. The molecule has 6 nitrogen and oxygen atoms in total. The first-order valence-electron chi connectivity index (χ1n) is 9.11. The van der Waals surface area contributed by atoms with Gasteiger partial charge in [-0.1, -0.05) is 36.3 Å². The molecule has 2 atom stereocenters. The van der Waals surface area contributed by atoms with E-state index in [2.05, 4.69) is 10.3 Å². The van der Waals surface area contributed by atoms with E-state index in [0.717, 1.165) is 29.9 Å². The molecule has 2 aliphatic rings. The number of ether oxygens (including phenoxy) is 1. The summed E-state index contributed by atoms with van der Waals surface area (Å²) in [5, 5.41) is 8.50. The minimum atomic E-state index is 0.142. The van der Waals surface area contributed by atoms with Gasteiger partial charge in [0.15, 0.2) is 0 Å². The van der Waals surface area contributed by atoms with Gasteiger partial charge in [-0.2, -0.15) is 0 Å². The summed E-state index contributed by atoms with van der Waals surface area (Å²) >= 11 is 0. The second kappa shape index (κ2) is 6.96. The van der Waals surface area contributed by atoms with Crippen LogP contribution in [0.25, 0.3) is 5.69 Å². The second-order valence-corrected chi connectivity index (χ2v) is 6.89. The summed E-state index contributed by atoms with van der Waals surface area (Å²) in [5.41, 5.74) is 2.64. The van der Waals surface area contributed by atoms with Gasteiger partial charge in [0.05, 0.1) is 42.2 Å². The highest BCUT2D eigenvalue weighted by molar-refractivity contribution is 5.79. The number of hydrogen-bond donors (Lipinski definition) is 0. The Bertz CT molecular complexity index is 741. The minimum Gasteiger partial charge on any atom is -0.374 e. The van der Waals surface area contributed by atoms with E-state index in [1.807, 2.05) is 42.2 Å². The number of rotatable bonds is 3. The van der Waals surface area contributed by atoms with Gasteiger partial charge in [0.1, 0.15) is 0 Å². The zero-order chi connectivity index (χ0) is 17.2. The van der Waals surface area contributed by atoms with Crippen LogP contribution in [-0.4, -0.2) is 51.1 Å². The van der Waals surface area contributed by atoms with E-state index >= 15 is 0 Å². The number of hydrogen-bond acceptors (Lipinski definition) is 4. The third kappa shape index (κ3) is 3.18. The van der Waals surface area contributed by atoms with Crippen LogP contribution in [0.4, 0.5) is 0 Å². The summed E-state index contributed by atoms with van der Waals surface area (Å²) in [6.07, 6.45) is 5.02. The maximum Gasteiger partial charge on any atom is 0.229 e. The molecule has 1 saturated carbocycles. The predicted octanol–water partition coefficient (Wildman–Crippen LogP) is 2.29. The molecule has 1 aliphatic carbocycles. The molecule has 1 saturated heterocycles. The molecule has 0 spiro atoms. The number of fused-ring (bicyclic) bond motifs is 1. The maximum atomic E-state index is 12.9. The van der Waals surface area contributed by atoms with Gasteiger partial charge >= 0.3 is 0 Å². The zero-order valence-corrected chi connectivity index (χ0v) is 14.6. The third-order valence-electron chi connectivity index (χ3n) is 5.36. The first-order valence-corrected chi connectivity index (χ1v) is 9.11. The van der Waals surface area contributed by atoms with Gasteiger partial charge in [0.25, 0.3) is 0 Å². The van der Waals surface area contributed by atoms with Gasteiger partial charge in [0.2, 0.25) is 5.91 Å². The largest absolute Gasteiger partial charge is 0.374 e. The molecule has 4 rings (SSSR count). The third-order valence-corrected chi connectivity index (χ3v) is 5.36. The fourth-order valence-corrected chi connectivity index (χ4v) is 3.99. The maximum absolute atomic E-state index is 12.9. The lowest BCUT2D eigenvalue weighted by atomic mass is 9.90. The minimum absolute atomic E-state index is 0.142. The van der Waals surface area contributed by atoms with Crippen LogP contribution < -0.4 is 0 Å². The molecular weight excluding hydrogens is 316 g/mol. The molecular formula is C19H24N4O2. The van der Waals surface area contributed by atoms with Crippen molar-refractivity contribution in [3.05, 3.63) is 41.7 Å². The Morgan fingerprint density at radius 1 is 1.24 bits per heavy atom. The molecule has 2 unspecified atom stereocenters. The lowest BCUT2D eigenvalue weighted by Crippen LogP contribution is -2.55. The first kappa shape index (κ1) is 16.3. The number of aromatic nitrogens is 3. The average Bonchev–Trinajstić information content (AvgIpc) is 3.02. The van der Waals surface area contributed by atoms with Crippen LogP contribution in [0, 0.1) is 6.92 Å². The van der Waals surface area contributed by atoms with Gasteiger partial charge in [-0.05, 0) is 31.9 Å². The molecule has 0 N–H and O–H groups in total. The summed E-state index contributed by atoms with van der Waals surface area (Å²) < 4.78 is 7.67. The number of benzene rings is 1. The summed E-state index contributed by atoms with van der Waals surface area (Å²) in [6, 6.07) is 10.1. The van der Waals surface area contributed by atoms with Crippen LogP contribution >= 0.6 is 0 Å². The van der Waals surface area contributed by atoms with Crippen molar-refractivity contribution in [1.29, 1.82) is 0 Å². The van der Waals surface area contributed by atoms with Crippen molar-refractivity contribution in [1.82, 2.24) is 19.9 Å². The van der Waals surface area contributed by atoms with E-state index in [1.165, 1.54) is 12.8 Å². The summed E-state index contributed by atoms with van der Waals surface area (Å²) in [7, 11) is 0. The Labute approximate surface area is 147 Å². The second-order valence-electron chi connectivity index (χ2n) is 6.89. The number of para-hydroxylation sites is 1. The van der Waals surface area contributed by atoms with Crippen LogP contribution in [0.5, 0.6) is 0 Å². The summed E-state index contributed by atoms with van der Waals surface area (Å²) in [6.45, 7) is 3.30. The summed E-state index contributed by atoms with van der Waals surface area (Å²) in [4.78, 5) is 14.9. The highest BCUT2D eigenvalue weighted by Crippen LogP contribution is 2.29. The lowest BCUT2D eigenvalue weighted by molar-refractivity contribution is -0.148. The smallest absolute Gasteiger partial charge is 0.229 e. The topological polar surface area (TPSA) is 60.3 Å². The number of carbonyl (C=O) groups excluding carboxylic acids is 1. The zero-order valence-electron chi connectivity index (χ0n) is 14.6. The van der Waals surface area contributed by atoms with Gasteiger partial charge in [0, 0.05) is 6.54 Å². The molecule has 2 aromatic rings. The van der Waals surface area contributed by atoms with E-state index in [1.54, 1.807) is 4.68 Å². The average molecular weight is 340 g/mol. The van der Waals surface area contributed by atoms with Crippen LogP contribution in [0.15, 0.2) is 30.3 Å². The molecule has 1 aromatic carbocycles. The molecule has 132 valence electrons. The molecule has 25 heavy (non-hydrogen) atoms. The molecule has 0 bridgehead atoms. The quantitative estimate of drug-likeness (QED) is 0.860. The molecule has 2 fully saturated rings. The number of amides is 1. The van der Waals surface area contributed by atoms with Crippen molar-refractivity contribution >= 4 is 5.91 Å². The van der Waals surface area contributed by atoms with E-state index in [9.17, 15) is 4.79 Å². The van der Waals surface area contributed by atoms with Crippen LogP contribution in [0.1, 0.15) is 37.1 Å². The van der Waals surface area contributed by atoms with Crippen LogP contribution in [-0.2, 0) is 16.0 Å². The van der Waals surface area contributed by atoms with Crippen molar-refractivity contribution in [3.8, 4) is 5.69 Å². The number of nitrogens with zero attached hydrogens (tertiary/aromatic N) is 4. The van der Waals surface area contributed by atoms with E-state index < -0.39 is 0 Å². The SMILES string of the molecule is Cc1c(CC(=O)N2CCOC3CCCCC32)nnn1-c1ccccc1. The van der Waals surface area contributed by atoms with Gasteiger partial charge in [-0.15, -0.1) is 5.10 Å². The molecule has 1 amide bonds. The monoisotopic (exact) mass is 340 g/mol. The normalized spacial score (nSPS) is 23.3. The van der Waals surface area contributed by atoms with Gasteiger partial charge in [-0.25, -0.2) is 4.68 Å². The van der Waals surface area contributed by atoms with Crippen molar-refractivity contribution in [2.24, 2.45) is 0 Å². The van der Waals surface area contributed by atoms with E-state index in [-0.39, 0.29) is 18.1 Å². The van der Waals surface area contributed by atoms with Crippen LogP contribution in [0.2, 0.25) is 0 Å². The molecule has 1 aliphatic heterocycles. The van der Waals surface area contributed by atoms with Crippen molar-refractivity contribution in [2.75, 3.05) is 13.2 Å². The first-order chi connectivity index (χ1) is 12.2. The summed E-state index contributed by atoms with van der Waals surface area (Å²) in [5.74, 6) is 0.142. The Balaban J connectivity index is 1.50. The van der Waals surface area contributed by atoms with Crippen LogP contribution in [0.3, 0.4) is 0 Å². The highest BCUT2D eigenvalue weighted by atomic mass is 16.5. The highest BCUT2D eigenvalue weighted by Gasteiger charge is 2.36. The number of morpholine rings is 1. The number of carbonyl (C=O) groups is 1. The van der Waals surface area contributed by atoms with E-state index in [0.29, 0.717) is 19.6 Å². The van der Waals surface area contributed by atoms with Crippen molar-refractivity contribution < 1.29 is 9.53 Å². The molecule has 2 heterocycles. The van der Waals surface area contributed by atoms with E-state index in [4.69, 9.17) is 4.74 Å². The van der Waals surface area contributed by atoms with Gasteiger partial charge in [-0.3, -0.25) is 4.79 Å². The Kier molecular flexibility index (Phi) is 4.53. The van der Waals surface area contributed by atoms with Gasteiger partial charge < -0.3 is 9.64 Å². The molecule has 0 radical (unpaired) electrons. The lowest BCUT2D eigenvalue weighted by Gasteiger charge is -2.43. The Morgan fingerprint density at radius 3 is 2.88 bits per heavy atom. The molecule has 6 heteroatoms. The van der Waals surface area contributed by atoms with Crippen molar-refractivity contribution in [2.45, 2.75) is 51.2 Å². The standard InChI is InChI=1S/C19H24N4O2/c1-14-16(20-21-23(14)15-7-3-2-4-8-15)13-19(24)22-11-12-25-18-10-6-5-9-17(18)22/h2-4,7-8,17-18H,5-6,9-13H2,1H3. The fraction of sp³-hybridized carbons (Fsp3) is 0.526. The fourth-order valence-electron chi connectivity index (χ4n) is 3.99.